The molecule has 18 heavy (non-hydrogen) atoms. The highest BCUT2D eigenvalue weighted by atomic mass is 32.1. The number of thiocarbonyl (C=S) groups is 1. The average Bonchev–Trinajstić information content (AvgIpc) is 2.40. The van der Waals surface area contributed by atoms with Crippen LogP contribution in [0.2, 0.25) is 0 Å². The molecule has 1 aromatic carbocycles. The predicted molar refractivity (Wildman–Crippen MR) is 73.7 cm³/mol. The summed E-state index contributed by atoms with van der Waals surface area (Å²) in [5.74, 6) is 0. The summed E-state index contributed by atoms with van der Waals surface area (Å²) in [6.07, 6.45) is 0. The minimum absolute atomic E-state index is 0.110. The maximum absolute atomic E-state index is 11.9. The van der Waals surface area contributed by atoms with Crippen LogP contribution in [0.1, 0.15) is 5.56 Å². The quantitative estimate of drug-likeness (QED) is 0.788. The average molecular weight is 265 g/mol. The fourth-order valence-electron chi connectivity index (χ4n) is 1.69. The second-order valence-electron chi connectivity index (χ2n) is 3.97. The Morgan fingerprint density at radius 3 is 2.44 bits per heavy atom. The zero-order valence-corrected chi connectivity index (χ0v) is 10.7. The number of hydrogen-bond acceptors (Lipinski definition) is 3. The number of urea groups is 1. The van der Waals surface area contributed by atoms with Gasteiger partial charge in [0.25, 0.3) is 0 Å². The summed E-state index contributed by atoms with van der Waals surface area (Å²) >= 11 is 4.86. The number of nitrogens with zero attached hydrogens (tertiary/aromatic N) is 1. The third-order valence-corrected chi connectivity index (χ3v) is 2.95. The van der Waals surface area contributed by atoms with E-state index >= 15 is 0 Å². The van der Waals surface area contributed by atoms with Gasteiger partial charge in [0.05, 0.1) is 13.2 Å². The summed E-state index contributed by atoms with van der Waals surface area (Å²) in [6, 6.07) is 7.04. The number of nitrogens with two attached hydrogens (primary N) is 1. The Morgan fingerprint density at radius 1 is 1.28 bits per heavy atom. The molecule has 2 amide bonds. The number of benzene rings is 1. The van der Waals surface area contributed by atoms with Crippen molar-refractivity contribution in [1.82, 2.24) is 4.90 Å². The molecule has 0 atom stereocenters. The van der Waals surface area contributed by atoms with Crippen LogP contribution in [-0.2, 0) is 4.74 Å². The van der Waals surface area contributed by atoms with Gasteiger partial charge >= 0.3 is 6.03 Å². The molecule has 3 N–H and O–H groups in total. The molecule has 1 saturated heterocycles. The first kappa shape index (κ1) is 12.8. The van der Waals surface area contributed by atoms with Crippen molar-refractivity contribution in [3.63, 3.8) is 0 Å². The molecule has 0 aliphatic carbocycles. The Labute approximate surface area is 111 Å². The molecule has 1 heterocycles. The van der Waals surface area contributed by atoms with E-state index in [0.29, 0.717) is 31.3 Å². The molecule has 0 saturated carbocycles. The van der Waals surface area contributed by atoms with E-state index in [-0.39, 0.29) is 6.03 Å². The monoisotopic (exact) mass is 265 g/mol. The molecule has 0 unspecified atom stereocenters. The van der Waals surface area contributed by atoms with Crippen LogP contribution in [0.25, 0.3) is 0 Å². The predicted octanol–water partition coefficient (Wildman–Crippen LogP) is 1.18. The van der Waals surface area contributed by atoms with Crippen molar-refractivity contribution >= 4 is 28.9 Å². The van der Waals surface area contributed by atoms with E-state index in [9.17, 15) is 4.79 Å². The van der Waals surface area contributed by atoms with Gasteiger partial charge in [0.1, 0.15) is 4.99 Å². The molecule has 1 aromatic rings. The Morgan fingerprint density at radius 2 is 1.89 bits per heavy atom. The van der Waals surface area contributed by atoms with E-state index in [1.54, 1.807) is 29.2 Å². The molecular weight excluding hydrogens is 250 g/mol. The van der Waals surface area contributed by atoms with Crippen LogP contribution in [0.3, 0.4) is 0 Å². The first-order valence-electron chi connectivity index (χ1n) is 5.70. The molecule has 2 rings (SSSR count). The van der Waals surface area contributed by atoms with E-state index in [0.717, 1.165) is 11.3 Å². The summed E-state index contributed by atoms with van der Waals surface area (Å²) < 4.78 is 5.19. The van der Waals surface area contributed by atoms with Gasteiger partial charge in [-0.3, -0.25) is 0 Å². The SMILES string of the molecule is NC(=S)c1ccc(NC(=O)N2CCOCC2)cc1. The maximum Gasteiger partial charge on any atom is 0.321 e. The van der Waals surface area contributed by atoms with Crippen molar-refractivity contribution in [2.24, 2.45) is 5.73 Å². The number of carbonyl (C=O) groups is 1. The van der Waals surface area contributed by atoms with Crippen molar-refractivity contribution in [2.75, 3.05) is 31.6 Å². The lowest BCUT2D eigenvalue weighted by Crippen LogP contribution is -2.43. The minimum atomic E-state index is -0.110. The lowest BCUT2D eigenvalue weighted by atomic mass is 10.2. The molecule has 0 spiro atoms. The normalized spacial score (nSPS) is 15.2. The number of ether oxygens (including phenoxy) is 1. The zero-order valence-electron chi connectivity index (χ0n) is 9.89. The van der Waals surface area contributed by atoms with Crippen LogP contribution < -0.4 is 11.1 Å². The number of amides is 2. The summed E-state index contributed by atoms with van der Waals surface area (Å²) in [4.78, 5) is 14.0. The topological polar surface area (TPSA) is 67.6 Å². The first-order valence-corrected chi connectivity index (χ1v) is 6.11. The first-order chi connectivity index (χ1) is 8.66. The summed E-state index contributed by atoms with van der Waals surface area (Å²) in [6.45, 7) is 2.43. The Kier molecular flexibility index (Phi) is 4.11. The fourth-order valence-corrected chi connectivity index (χ4v) is 1.82. The van der Waals surface area contributed by atoms with Crippen molar-refractivity contribution in [2.45, 2.75) is 0 Å². The molecular formula is C12H15N3O2S. The van der Waals surface area contributed by atoms with E-state index < -0.39 is 0 Å². The Balaban J connectivity index is 1.96. The highest BCUT2D eigenvalue weighted by molar-refractivity contribution is 7.80. The Hall–Kier alpha value is -1.66. The van der Waals surface area contributed by atoms with Gasteiger partial charge in [-0.05, 0) is 24.3 Å². The van der Waals surface area contributed by atoms with Crippen LogP contribution in [0.4, 0.5) is 10.5 Å². The second kappa shape index (κ2) is 5.79. The molecule has 1 fully saturated rings. The molecule has 6 heteroatoms. The van der Waals surface area contributed by atoms with E-state index in [1.807, 2.05) is 0 Å². The fraction of sp³-hybridized carbons (Fsp3) is 0.333. The number of carbonyl (C=O) groups excluding carboxylic acids is 1. The third kappa shape index (κ3) is 3.18. The number of rotatable bonds is 2. The van der Waals surface area contributed by atoms with Crippen LogP contribution in [0, 0.1) is 0 Å². The third-order valence-electron chi connectivity index (χ3n) is 2.72. The highest BCUT2D eigenvalue weighted by Crippen LogP contribution is 2.11. The lowest BCUT2D eigenvalue weighted by molar-refractivity contribution is 0.0564. The van der Waals surface area contributed by atoms with E-state index in [2.05, 4.69) is 5.32 Å². The molecule has 5 nitrogen and oxygen atoms in total. The van der Waals surface area contributed by atoms with Crippen LogP contribution in [0.5, 0.6) is 0 Å². The van der Waals surface area contributed by atoms with Gasteiger partial charge in [0, 0.05) is 24.3 Å². The number of hydrogen-bond donors (Lipinski definition) is 2. The van der Waals surface area contributed by atoms with Gasteiger partial charge in [0.2, 0.25) is 0 Å². The van der Waals surface area contributed by atoms with E-state index in [1.165, 1.54) is 0 Å². The van der Waals surface area contributed by atoms with Gasteiger partial charge < -0.3 is 20.7 Å². The van der Waals surface area contributed by atoms with E-state index in [4.69, 9.17) is 22.7 Å². The summed E-state index contributed by atoms with van der Waals surface area (Å²) in [5.41, 5.74) is 7.02. The van der Waals surface area contributed by atoms with Crippen molar-refractivity contribution in [3.05, 3.63) is 29.8 Å². The van der Waals surface area contributed by atoms with Crippen LogP contribution in [-0.4, -0.2) is 42.2 Å². The van der Waals surface area contributed by atoms with Gasteiger partial charge in [-0.1, -0.05) is 12.2 Å². The molecule has 0 aromatic heterocycles. The molecule has 0 radical (unpaired) electrons. The largest absolute Gasteiger partial charge is 0.389 e. The molecule has 1 aliphatic heterocycles. The second-order valence-corrected chi connectivity index (χ2v) is 4.41. The van der Waals surface area contributed by atoms with Gasteiger partial charge in [-0.2, -0.15) is 0 Å². The minimum Gasteiger partial charge on any atom is -0.389 e. The smallest absolute Gasteiger partial charge is 0.321 e. The van der Waals surface area contributed by atoms with Crippen molar-refractivity contribution < 1.29 is 9.53 Å². The van der Waals surface area contributed by atoms with Gasteiger partial charge in [-0.25, -0.2) is 4.79 Å². The van der Waals surface area contributed by atoms with Crippen LogP contribution in [0.15, 0.2) is 24.3 Å². The van der Waals surface area contributed by atoms with Crippen molar-refractivity contribution in [1.29, 1.82) is 0 Å². The maximum atomic E-state index is 11.9. The Bertz CT molecular complexity index is 441. The van der Waals surface area contributed by atoms with Gasteiger partial charge in [-0.15, -0.1) is 0 Å². The molecule has 0 bridgehead atoms. The van der Waals surface area contributed by atoms with Crippen molar-refractivity contribution in [3.8, 4) is 0 Å². The van der Waals surface area contributed by atoms with Crippen LogP contribution >= 0.6 is 12.2 Å². The summed E-state index contributed by atoms with van der Waals surface area (Å²) in [7, 11) is 0. The highest BCUT2D eigenvalue weighted by Gasteiger charge is 2.16. The number of anilines is 1. The molecule has 96 valence electrons. The lowest BCUT2D eigenvalue weighted by Gasteiger charge is -2.26. The summed E-state index contributed by atoms with van der Waals surface area (Å²) in [5, 5.41) is 2.83. The standard InChI is InChI=1S/C12H15N3O2S/c13-11(18)9-1-3-10(4-2-9)14-12(16)15-5-7-17-8-6-15/h1-4H,5-8H2,(H2,13,18)(H,14,16). The number of morpholine rings is 1. The molecule has 1 aliphatic rings. The number of nitrogens with one attached hydrogen (secondary N) is 1. The van der Waals surface area contributed by atoms with Gasteiger partial charge in [0.15, 0.2) is 0 Å². The zero-order chi connectivity index (χ0) is 13.0.